The molecule has 0 radical (unpaired) electrons. The number of hydrogen-bond acceptors (Lipinski definition) is 6. The first kappa shape index (κ1) is 23.0. The SMILES string of the molecule is O=C(O)C1(S(=O)(=O)N2CCC(Oc3ccc(OC(F)(F)F)cc3)CC2)CCSCC1. The minimum Gasteiger partial charge on any atom is -0.490 e. The van der Waals surface area contributed by atoms with Crippen LogP contribution in [-0.2, 0) is 14.8 Å². The molecule has 2 heterocycles. The van der Waals surface area contributed by atoms with Gasteiger partial charge >= 0.3 is 12.3 Å². The average Bonchev–Trinajstić information content (AvgIpc) is 2.69. The van der Waals surface area contributed by atoms with E-state index < -0.39 is 27.1 Å². The summed E-state index contributed by atoms with van der Waals surface area (Å²) >= 11 is 1.55. The van der Waals surface area contributed by atoms with Gasteiger partial charge in [-0.3, -0.25) is 4.79 Å². The van der Waals surface area contributed by atoms with Gasteiger partial charge in [-0.15, -0.1) is 13.2 Å². The van der Waals surface area contributed by atoms with Crippen molar-refractivity contribution in [3.8, 4) is 11.5 Å². The number of carboxylic acids is 1. The molecule has 2 saturated heterocycles. The quantitative estimate of drug-likeness (QED) is 0.684. The van der Waals surface area contributed by atoms with Crippen LogP contribution in [0.25, 0.3) is 0 Å². The number of ether oxygens (including phenoxy) is 2. The van der Waals surface area contributed by atoms with Crippen molar-refractivity contribution in [1.29, 1.82) is 0 Å². The van der Waals surface area contributed by atoms with Crippen LogP contribution in [0.4, 0.5) is 13.2 Å². The molecule has 0 saturated carbocycles. The molecular formula is C18H22F3NO6S2. The van der Waals surface area contributed by atoms with Crippen molar-refractivity contribution in [2.24, 2.45) is 0 Å². The lowest BCUT2D eigenvalue weighted by Crippen LogP contribution is -2.57. The molecule has 168 valence electrons. The van der Waals surface area contributed by atoms with Crippen LogP contribution in [0.1, 0.15) is 25.7 Å². The third kappa shape index (κ3) is 4.97. The molecule has 7 nitrogen and oxygen atoms in total. The number of carbonyl (C=O) groups is 1. The standard InChI is InChI=1S/C18H22F3NO6S2/c19-18(20,21)28-15-3-1-13(2-4-15)27-14-5-9-22(10-6-14)30(25,26)17(16(23)24)7-11-29-12-8-17/h1-4,14H,5-12H2,(H,23,24). The summed E-state index contributed by atoms with van der Waals surface area (Å²) < 4.78 is 71.9. The molecule has 1 aromatic rings. The fourth-order valence-corrected chi connectivity index (χ4v) is 7.21. The number of thioether (sulfide) groups is 1. The number of sulfonamides is 1. The molecule has 2 aliphatic rings. The summed E-state index contributed by atoms with van der Waals surface area (Å²) in [5, 5.41) is 9.67. The number of halogens is 3. The van der Waals surface area contributed by atoms with Gasteiger partial charge in [0.2, 0.25) is 10.0 Å². The Morgan fingerprint density at radius 1 is 1.10 bits per heavy atom. The second-order valence-electron chi connectivity index (χ2n) is 7.15. The lowest BCUT2D eigenvalue weighted by atomic mass is 10.0. The van der Waals surface area contributed by atoms with Crippen molar-refractivity contribution in [2.75, 3.05) is 24.6 Å². The highest BCUT2D eigenvalue weighted by Crippen LogP contribution is 2.37. The number of piperidine rings is 1. The van der Waals surface area contributed by atoms with Crippen LogP contribution in [-0.4, -0.2) is 65.6 Å². The van der Waals surface area contributed by atoms with Crippen molar-refractivity contribution in [3.05, 3.63) is 24.3 Å². The Bertz CT molecular complexity index is 846. The molecule has 30 heavy (non-hydrogen) atoms. The average molecular weight is 470 g/mol. The van der Waals surface area contributed by atoms with E-state index in [1.54, 1.807) is 11.8 Å². The highest BCUT2D eigenvalue weighted by atomic mass is 32.2. The zero-order valence-corrected chi connectivity index (χ0v) is 17.6. The summed E-state index contributed by atoms with van der Waals surface area (Å²) in [7, 11) is -4.02. The first-order chi connectivity index (χ1) is 14.0. The van der Waals surface area contributed by atoms with Crippen LogP contribution in [0, 0.1) is 0 Å². The van der Waals surface area contributed by atoms with E-state index in [2.05, 4.69) is 4.74 Å². The molecule has 3 rings (SSSR count). The van der Waals surface area contributed by atoms with Gasteiger partial charge in [-0.1, -0.05) is 0 Å². The Labute approximate surface area is 176 Å². The maximum Gasteiger partial charge on any atom is 0.573 e. The summed E-state index contributed by atoms with van der Waals surface area (Å²) in [5.74, 6) is -0.349. The number of nitrogens with zero attached hydrogens (tertiary/aromatic N) is 1. The topological polar surface area (TPSA) is 93.1 Å². The fourth-order valence-electron chi connectivity index (χ4n) is 3.63. The van der Waals surface area contributed by atoms with Gasteiger partial charge in [-0.05, 0) is 61.5 Å². The van der Waals surface area contributed by atoms with Gasteiger partial charge in [0.25, 0.3) is 0 Å². The molecule has 2 fully saturated rings. The molecule has 12 heteroatoms. The van der Waals surface area contributed by atoms with Gasteiger partial charge in [0, 0.05) is 13.1 Å². The van der Waals surface area contributed by atoms with E-state index in [1.807, 2.05) is 0 Å². The van der Waals surface area contributed by atoms with Gasteiger partial charge < -0.3 is 14.6 Å². The van der Waals surface area contributed by atoms with Crippen LogP contribution < -0.4 is 9.47 Å². The second kappa shape index (κ2) is 8.83. The van der Waals surface area contributed by atoms with Gasteiger partial charge in [0.05, 0.1) is 0 Å². The van der Waals surface area contributed by atoms with E-state index >= 15 is 0 Å². The second-order valence-corrected chi connectivity index (χ2v) is 10.6. The van der Waals surface area contributed by atoms with Crippen LogP contribution in [0.3, 0.4) is 0 Å². The summed E-state index contributed by atoms with van der Waals surface area (Å²) in [6, 6.07) is 4.98. The zero-order valence-electron chi connectivity index (χ0n) is 15.9. The number of alkyl halides is 3. The Kier molecular flexibility index (Phi) is 6.78. The largest absolute Gasteiger partial charge is 0.573 e. The summed E-state index contributed by atoms with van der Waals surface area (Å²) in [6.07, 6.45) is -4.23. The van der Waals surface area contributed by atoms with E-state index in [-0.39, 0.29) is 37.8 Å². The molecule has 1 aromatic carbocycles. The van der Waals surface area contributed by atoms with Gasteiger partial charge in [0.15, 0.2) is 4.75 Å². The number of benzene rings is 1. The van der Waals surface area contributed by atoms with Gasteiger partial charge in [-0.2, -0.15) is 11.8 Å². The minimum absolute atomic E-state index is 0.0815. The molecular weight excluding hydrogens is 447 g/mol. The van der Waals surface area contributed by atoms with Crippen molar-refractivity contribution < 1.29 is 41.0 Å². The number of hydrogen-bond donors (Lipinski definition) is 1. The lowest BCUT2D eigenvalue weighted by Gasteiger charge is -2.39. The molecule has 0 bridgehead atoms. The van der Waals surface area contributed by atoms with Crippen molar-refractivity contribution in [1.82, 2.24) is 4.31 Å². The molecule has 0 atom stereocenters. The first-order valence-corrected chi connectivity index (χ1v) is 12.0. The van der Waals surface area contributed by atoms with E-state index in [9.17, 15) is 31.5 Å². The zero-order chi connectivity index (χ0) is 22.0. The highest BCUT2D eigenvalue weighted by molar-refractivity contribution is 7.99. The number of aliphatic carboxylic acids is 1. The highest BCUT2D eigenvalue weighted by Gasteiger charge is 2.54. The fraction of sp³-hybridized carbons (Fsp3) is 0.611. The molecule has 0 amide bonds. The monoisotopic (exact) mass is 469 g/mol. The van der Waals surface area contributed by atoms with Crippen LogP contribution in [0.15, 0.2) is 24.3 Å². The smallest absolute Gasteiger partial charge is 0.490 e. The lowest BCUT2D eigenvalue weighted by molar-refractivity contribution is -0.274. The third-order valence-corrected chi connectivity index (χ3v) is 8.89. The van der Waals surface area contributed by atoms with E-state index in [4.69, 9.17) is 4.74 Å². The van der Waals surface area contributed by atoms with Crippen molar-refractivity contribution >= 4 is 27.8 Å². The molecule has 1 N–H and O–H groups in total. The third-order valence-electron chi connectivity index (χ3n) is 5.28. The summed E-state index contributed by atoms with van der Waals surface area (Å²) in [4.78, 5) is 11.9. The van der Waals surface area contributed by atoms with Crippen LogP contribution in [0.2, 0.25) is 0 Å². The van der Waals surface area contributed by atoms with Crippen LogP contribution in [0.5, 0.6) is 11.5 Å². The van der Waals surface area contributed by atoms with E-state index in [1.165, 1.54) is 16.4 Å². The van der Waals surface area contributed by atoms with E-state index in [0.29, 0.717) is 30.1 Å². The summed E-state index contributed by atoms with van der Waals surface area (Å²) in [5.41, 5.74) is 0. The molecule has 2 aliphatic heterocycles. The number of carboxylic acid groups (broad SMARTS) is 1. The van der Waals surface area contributed by atoms with Crippen LogP contribution >= 0.6 is 11.8 Å². The Morgan fingerprint density at radius 3 is 2.13 bits per heavy atom. The predicted octanol–water partition coefficient (Wildman–Crippen LogP) is 3.11. The van der Waals surface area contributed by atoms with Gasteiger partial charge in [0.1, 0.15) is 17.6 Å². The van der Waals surface area contributed by atoms with E-state index in [0.717, 1.165) is 12.1 Å². The summed E-state index contributed by atoms with van der Waals surface area (Å²) in [6.45, 7) is 0.259. The molecule has 0 aromatic heterocycles. The molecule has 0 aliphatic carbocycles. The Balaban J connectivity index is 1.60. The predicted molar refractivity (Wildman–Crippen MR) is 104 cm³/mol. The Morgan fingerprint density at radius 2 is 1.63 bits per heavy atom. The van der Waals surface area contributed by atoms with Crippen molar-refractivity contribution in [2.45, 2.75) is 42.9 Å². The minimum atomic E-state index is -4.77. The molecule has 0 unspecified atom stereocenters. The first-order valence-electron chi connectivity index (χ1n) is 9.37. The maximum absolute atomic E-state index is 13.1. The normalized spacial score (nSPS) is 21.2. The molecule has 0 spiro atoms. The van der Waals surface area contributed by atoms with Crippen molar-refractivity contribution in [3.63, 3.8) is 0 Å². The maximum atomic E-state index is 13.1. The Hall–Kier alpha value is -1.66. The van der Waals surface area contributed by atoms with Gasteiger partial charge in [-0.25, -0.2) is 12.7 Å². The number of rotatable bonds is 6.